The summed E-state index contributed by atoms with van der Waals surface area (Å²) in [6.07, 6.45) is 0.206. The summed E-state index contributed by atoms with van der Waals surface area (Å²) < 4.78 is 9.55. The van der Waals surface area contributed by atoms with E-state index in [4.69, 9.17) is 9.47 Å². The van der Waals surface area contributed by atoms with Gasteiger partial charge in [-0.2, -0.15) is 0 Å². The van der Waals surface area contributed by atoms with Gasteiger partial charge in [0.05, 0.1) is 17.6 Å². The lowest BCUT2D eigenvalue weighted by atomic mass is 10.1. The van der Waals surface area contributed by atoms with Crippen LogP contribution < -0.4 is 5.32 Å². The second-order valence-corrected chi connectivity index (χ2v) is 5.72. The van der Waals surface area contributed by atoms with Crippen molar-refractivity contribution in [1.29, 1.82) is 0 Å². The van der Waals surface area contributed by atoms with Gasteiger partial charge in [0.1, 0.15) is 6.04 Å². The number of esters is 2. The SMILES string of the molecule is COC(=O)[C@@H](Cc1ccccc1)NC(=O)COC(=O)c1cccc([N+](=O)[O-])c1. The molecule has 0 radical (unpaired) electrons. The Kier molecular flexibility index (Phi) is 7.21. The van der Waals surface area contributed by atoms with Crippen LogP contribution in [0, 0.1) is 10.1 Å². The number of amides is 1. The van der Waals surface area contributed by atoms with E-state index in [1.165, 1.54) is 25.3 Å². The first-order chi connectivity index (χ1) is 13.4. The molecule has 0 bridgehead atoms. The van der Waals surface area contributed by atoms with Gasteiger partial charge in [0, 0.05) is 18.6 Å². The summed E-state index contributed by atoms with van der Waals surface area (Å²) in [7, 11) is 1.20. The molecule has 0 aliphatic heterocycles. The molecule has 0 unspecified atom stereocenters. The van der Waals surface area contributed by atoms with E-state index in [0.29, 0.717) is 0 Å². The molecule has 28 heavy (non-hydrogen) atoms. The molecule has 0 aromatic heterocycles. The molecule has 1 amide bonds. The van der Waals surface area contributed by atoms with Crippen molar-refractivity contribution in [3.63, 3.8) is 0 Å². The van der Waals surface area contributed by atoms with E-state index in [2.05, 4.69) is 5.32 Å². The highest BCUT2D eigenvalue weighted by atomic mass is 16.6. The Balaban J connectivity index is 1.95. The van der Waals surface area contributed by atoms with Gasteiger partial charge in [-0.05, 0) is 11.6 Å². The highest BCUT2D eigenvalue weighted by molar-refractivity contribution is 5.92. The van der Waals surface area contributed by atoms with Crippen LogP contribution in [0.15, 0.2) is 54.6 Å². The molecule has 1 atom stereocenters. The molecule has 0 saturated carbocycles. The zero-order valence-corrected chi connectivity index (χ0v) is 15.0. The largest absolute Gasteiger partial charge is 0.467 e. The van der Waals surface area contributed by atoms with Gasteiger partial charge in [-0.3, -0.25) is 14.9 Å². The number of carbonyl (C=O) groups excluding carboxylic acids is 3. The van der Waals surface area contributed by atoms with Gasteiger partial charge < -0.3 is 14.8 Å². The maximum Gasteiger partial charge on any atom is 0.338 e. The Morgan fingerprint density at radius 3 is 2.46 bits per heavy atom. The summed E-state index contributed by atoms with van der Waals surface area (Å²) in [5.74, 6) is -2.23. The molecule has 1 N–H and O–H groups in total. The molecule has 0 aliphatic rings. The first kappa shape index (κ1) is 20.6. The first-order valence-corrected chi connectivity index (χ1v) is 8.23. The minimum Gasteiger partial charge on any atom is -0.467 e. The van der Waals surface area contributed by atoms with Crippen LogP contribution in [0.1, 0.15) is 15.9 Å². The quantitative estimate of drug-likeness (QED) is 0.415. The van der Waals surface area contributed by atoms with Crippen LogP contribution in [-0.4, -0.2) is 42.5 Å². The second kappa shape index (κ2) is 9.81. The molecule has 146 valence electrons. The maximum atomic E-state index is 12.1. The van der Waals surface area contributed by atoms with Crippen molar-refractivity contribution in [3.8, 4) is 0 Å². The van der Waals surface area contributed by atoms with E-state index >= 15 is 0 Å². The molecule has 0 spiro atoms. The summed E-state index contributed by atoms with van der Waals surface area (Å²) in [6, 6.07) is 13.0. The van der Waals surface area contributed by atoms with Crippen molar-refractivity contribution in [1.82, 2.24) is 5.32 Å². The Morgan fingerprint density at radius 2 is 1.82 bits per heavy atom. The third-order valence-electron chi connectivity index (χ3n) is 3.73. The monoisotopic (exact) mass is 386 g/mol. The van der Waals surface area contributed by atoms with Crippen LogP contribution in [0.3, 0.4) is 0 Å². The van der Waals surface area contributed by atoms with Gasteiger partial charge >= 0.3 is 11.9 Å². The lowest BCUT2D eigenvalue weighted by Crippen LogP contribution is -2.44. The average Bonchev–Trinajstić information content (AvgIpc) is 2.71. The van der Waals surface area contributed by atoms with E-state index in [9.17, 15) is 24.5 Å². The van der Waals surface area contributed by atoms with Crippen molar-refractivity contribution < 1.29 is 28.8 Å². The second-order valence-electron chi connectivity index (χ2n) is 5.72. The van der Waals surface area contributed by atoms with Crippen molar-refractivity contribution in [3.05, 3.63) is 75.8 Å². The number of hydrogen-bond acceptors (Lipinski definition) is 7. The van der Waals surface area contributed by atoms with Gasteiger partial charge in [-0.1, -0.05) is 36.4 Å². The Hall–Kier alpha value is -3.75. The predicted octanol–water partition coefficient (Wildman–Crippen LogP) is 1.65. The lowest BCUT2D eigenvalue weighted by molar-refractivity contribution is -0.384. The van der Waals surface area contributed by atoms with E-state index in [1.807, 2.05) is 6.07 Å². The lowest BCUT2D eigenvalue weighted by Gasteiger charge is -2.16. The normalized spacial score (nSPS) is 11.2. The van der Waals surface area contributed by atoms with Crippen molar-refractivity contribution >= 4 is 23.5 Å². The smallest absolute Gasteiger partial charge is 0.338 e. The van der Waals surface area contributed by atoms with Crippen LogP contribution in [0.2, 0.25) is 0 Å². The fraction of sp³-hybridized carbons (Fsp3) is 0.211. The van der Waals surface area contributed by atoms with Gasteiger partial charge in [-0.25, -0.2) is 9.59 Å². The van der Waals surface area contributed by atoms with Gasteiger partial charge in [0.2, 0.25) is 0 Å². The standard InChI is InChI=1S/C19H18N2O7/c1-27-19(24)16(10-13-6-3-2-4-7-13)20-17(22)12-28-18(23)14-8-5-9-15(11-14)21(25)26/h2-9,11,16H,10,12H2,1H3,(H,20,22)/t16-/m1/s1. The minimum absolute atomic E-state index is 0.0594. The number of nitrogens with one attached hydrogen (secondary N) is 1. The Labute approximate surface area is 160 Å². The minimum atomic E-state index is -0.948. The first-order valence-electron chi connectivity index (χ1n) is 8.23. The molecular weight excluding hydrogens is 368 g/mol. The third kappa shape index (κ3) is 5.90. The number of rotatable bonds is 8. The number of nitro benzene ring substituents is 1. The summed E-state index contributed by atoms with van der Waals surface area (Å²) in [5, 5.41) is 13.2. The van der Waals surface area contributed by atoms with Crippen molar-refractivity contribution in [2.45, 2.75) is 12.5 Å². The molecule has 2 aromatic rings. The van der Waals surface area contributed by atoms with Crippen LogP contribution in [0.4, 0.5) is 5.69 Å². The molecule has 9 nitrogen and oxygen atoms in total. The van der Waals surface area contributed by atoms with Gasteiger partial charge in [0.15, 0.2) is 6.61 Å². The number of hydrogen-bond donors (Lipinski definition) is 1. The number of carbonyl (C=O) groups is 3. The molecular formula is C19H18N2O7. The average molecular weight is 386 g/mol. The summed E-state index contributed by atoms with van der Waals surface area (Å²) in [4.78, 5) is 46.1. The van der Waals surface area contributed by atoms with E-state index in [1.54, 1.807) is 24.3 Å². The molecule has 2 rings (SSSR count). The summed E-state index contributed by atoms with van der Waals surface area (Å²) in [5.41, 5.74) is 0.482. The molecule has 2 aromatic carbocycles. The summed E-state index contributed by atoms with van der Waals surface area (Å²) in [6.45, 7) is -0.649. The zero-order valence-electron chi connectivity index (χ0n) is 15.0. The topological polar surface area (TPSA) is 125 Å². The van der Waals surface area contributed by atoms with Crippen molar-refractivity contribution in [2.24, 2.45) is 0 Å². The van der Waals surface area contributed by atoms with Gasteiger partial charge in [-0.15, -0.1) is 0 Å². The Morgan fingerprint density at radius 1 is 1.11 bits per heavy atom. The number of methoxy groups -OCH3 is 1. The molecule has 0 fully saturated rings. The summed E-state index contributed by atoms with van der Waals surface area (Å²) >= 11 is 0. The zero-order chi connectivity index (χ0) is 20.5. The number of nitrogens with zero attached hydrogens (tertiary/aromatic N) is 1. The molecule has 0 heterocycles. The highest BCUT2D eigenvalue weighted by Gasteiger charge is 2.23. The van der Waals surface area contributed by atoms with E-state index < -0.39 is 35.4 Å². The number of benzene rings is 2. The van der Waals surface area contributed by atoms with Crippen LogP contribution in [0.25, 0.3) is 0 Å². The Bertz CT molecular complexity index is 868. The maximum absolute atomic E-state index is 12.1. The van der Waals surface area contributed by atoms with E-state index in [0.717, 1.165) is 11.6 Å². The molecule has 0 aliphatic carbocycles. The van der Waals surface area contributed by atoms with E-state index in [-0.39, 0.29) is 17.7 Å². The van der Waals surface area contributed by atoms with Crippen LogP contribution in [0.5, 0.6) is 0 Å². The van der Waals surface area contributed by atoms with Crippen molar-refractivity contribution in [2.75, 3.05) is 13.7 Å². The number of ether oxygens (including phenoxy) is 2. The molecule has 0 saturated heterocycles. The number of nitro groups is 1. The predicted molar refractivity (Wildman–Crippen MR) is 97.5 cm³/mol. The van der Waals surface area contributed by atoms with Crippen LogP contribution >= 0.6 is 0 Å². The van der Waals surface area contributed by atoms with Gasteiger partial charge in [0.25, 0.3) is 11.6 Å². The fourth-order valence-electron chi connectivity index (χ4n) is 2.38. The third-order valence-corrected chi connectivity index (χ3v) is 3.73. The van der Waals surface area contributed by atoms with Crippen LogP contribution in [-0.2, 0) is 25.5 Å². The molecule has 9 heteroatoms. The number of non-ortho nitro benzene ring substituents is 1. The highest BCUT2D eigenvalue weighted by Crippen LogP contribution is 2.13. The fourth-order valence-corrected chi connectivity index (χ4v) is 2.38.